The van der Waals surface area contributed by atoms with Crippen LogP contribution < -0.4 is 5.32 Å². The molecule has 8 heavy (non-hydrogen) atoms. The minimum absolute atomic E-state index is 0.111. The van der Waals surface area contributed by atoms with E-state index in [2.05, 4.69) is 11.9 Å². The largest absolute Gasteiger partial charge is 0.410 e. The van der Waals surface area contributed by atoms with Crippen LogP contribution in [0.5, 0.6) is 0 Å². The molecule has 1 aliphatic heterocycles. The van der Waals surface area contributed by atoms with Crippen LogP contribution >= 0.6 is 0 Å². The number of amides is 1. The number of hydrogen-bond acceptors (Lipinski definition) is 2. The van der Waals surface area contributed by atoms with Crippen LogP contribution in [-0.4, -0.2) is 12.5 Å². The average Bonchev–Trinajstić information content (AvgIpc) is 2.14. The molecule has 0 radical (unpaired) electrons. The number of hydrogen-bond donors (Lipinski definition) is 1. The van der Waals surface area contributed by atoms with Crippen molar-refractivity contribution in [2.45, 2.75) is 0 Å². The van der Waals surface area contributed by atoms with E-state index in [9.17, 15) is 4.79 Å². The molecule has 3 nitrogen and oxygen atoms in total. The molecule has 1 N–H and O–H groups in total. The SMILES string of the molecule is C=C[C-]1NC(=O)CO1. The topological polar surface area (TPSA) is 38.3 Å². The first-order valence-corrected chi connectivity index (χ1v) is 2.25. The Kier molecular flexibility index (Phi) is 1.22. The van der Waals surface area contributed by atoms with Gasteiger partial charge in [-0.05, 0) is 6.23 Å². The molecule has 1 heterocycles. The highest BCUT2D eigenvalue weighted by atomic mass is 16.5. The summed E-state index contributed by atoms with van der Waals surface area (Å²) < 4.78 is 4.75. The Morgan fingerprint density at radius 2 is 2.75 bits per heavy atom. The second kappa shape index (κ2) is 1.88. The van der Waals surface area contributed by atoms with E-state index in [1.54, 1.807) is 0 Å². The number of rotatable bonds is 1. The Morgan fingerprint density at radius 3 is 3.00 bits per heavy atom. The van der Waals surface area contributed by atoms with Crippen molar-refractivity contribution in [1.29, 1.82) is 0 Å². The van der Waals surface area contributed by atoms with Crippen molar-refractivity contribution >= 4 is 5.91 Å². The van der Waals surface area contributed by atoms with Gasteiger partial charge in [0.2, 0.25) is 5.91 Å². The Labute approximate surface area is 47.3 Å². The highest BCUT2D eigenvalue weighted by molar-refractivity contribution is 5.80. The van der Waals surface area contributed by atoms with Crippen LogP contribution in [0, 0.1) is 6.23 Å². The van der Waals surface area contributed by atoms with Gasteiger partial charge in [-0.15, -0.1) is 0 Å². The lowest BCUT2D eigenvalue weighted by Gasteiger charge is -2.08. The van der Waals surface area contributed by atoms with E-state index in [4.69, 9.17) is 4.74 Å². The van der Waals surface area contributed by atoms with Crippen LogP contribution in [0.1, 0.15) is 0 Å². The van der Waals surface area contributed by atoms with Crippen molar-refractivity contribution in [3.63, 3.8) is 0 Å². The Balaban J connectivity index is 2.43. The van der Waals surface area contributed by atoms with E-state index in [-0.39, 0.29) is 12.5 Å². The van der Waals surface area contributed by atoms with E-state index < -0.39 is 0 Å². The summed E-state index contributed by atoms with van der Waals surface area (Å²) >= 11 is 0. The van der Waals surface area contributed by atoms with Crippen molar-refractivity contribution in [3.8, 4) is 0 Å². The van der Waals surface area contributed by atoms with Gasteiger partial charge in [-0.25, -0.2) is 6.58 Å². The van der Waals surface area contributed by atoms with Crippen LogP contribution in [0.2, 0.25) is 0 Å². The number of ether oxygens (including phenoxy) is 1. The zero-order valence-corrected chi connectivity index (χ0v) is 4.31. The molecule has 3 heteroatoms. The summed E-state index contributed by atoms with van der Waals surface area (Å²) in [5.41, 5.74) is 0. The average molecular weight is 112 g/mol. The first kappa shape index (κ1) is 5.18. The molecule has 0 unspecified atom stereocenters. The van der Waals surface area contributed by atoms with Crippen molar-refractivity contribution in [3.05, 3.63) is 18.9 Å². The zero-order valence-electron chi connectivity index (χ0n) is 4.31. The first-order valence-electron chi connectivity index (χ1n) is 2.25. The Morgan fingerprint density at radius 1 is 2.00 bits per heavy atom. The molecule has 0 bridgehead atoms. The summed E-state index contributed by atoms with van der Waals surface area (Å²) in [4.78, 5) is 10.3. The smallest absolute Gasteiger partial charge is 0.234 e. The summed E-state index contributed by atoms with van der Waals surface area (Å²) in [6.45, 7) is 3.53. The fourth-order valence-corrected chi connectivity index (χ4v) is 0.463. The maximum absolute atomic E-state index is 10.3. The second-order valence-electron chi connectivity index (χ2n) is 1.41. The van der Waals surface area contributed by atoms with Gasteiger partial charge < -0.3 is 10.1 Å². The van der Waals surface area contributed by atoms with Gasteiger partial charge in [-0.2, -0.15) is 6.08 Å². The van der Waals surface area contributed by atoms with E-state index in [0.717, 1.165) is 0 Å². The monoisotopic (exact) mass is 112 g/mol. The van der Waals surface area contributed by atoms with Crippen molar-refractivity contribution in [1.82, 2.24) is 5.32 Å². The van der Waals surface area contributed by atoms with Crippen LogP contribution in [0.3, 0.4) is 0 Å². The summed E-state index contributed by atoms with van der Waals surface area (Å²) in [6.07, 6.45) is 1.92. The highest BCUT2D eigenvalue weighted by Gasteiger charge is 2.09. The molecule has 1 rings (SSSR count). The van der Waals surface area contributed by atoms with Gasteiger partial charge in [-0.3, -0.25) is 4.79 Å². The van der Waals surface area contributed by atoms with Gasteiger partial charge >= 0.3 is 0 Å². The summed E-state index contributed by atoms with van der Waals surface area (Å²) in [5.74, 6) is -0.111. The molecule has 44 valence electrons. The normalized spacial score (nSPS) is 18.5. The lowest BCUT2D eigenvalue weighted by Crippen LogP contribution is -2.17. The molecular weight excluding hydrogens is 106 g/mol. The van der Waals surface area contributed by atoms with Gasteiger partial charge in [0.1, 0.15) is 6.61 Å². The maximum Gasteiger partial charge on any atom is 0.234 e. The van der Waals surface area contributed by atoms with Gasteiger partial charge in [0.25, 0.3) is 0 Å². The molecule has 0 atom stereocenters. The lowest BCUT2D eigenvalue weighted by atomic mass is 10.5. The van der Waals surface area contributed by atoms with Gasteiger partial charge in [0, 0.05) is 0 Å². The van der Waals surface area contributed by atoms with E-state index in [1.165, 1.54) is 6.08 Å². The predicted octanol–water partition coefficient (Wildman–Crippen LogP) is -0.192. The minimum Gasteiger partial charge on any atom is -0.410 e. The quantitative estimate of drug-likeness (QED) is 0.477. The first-order chi connectivity index (χ1) is 3.83. The van der Waals surface area contributed by atoms with Crippen LogP contribution in [0.4, 0.5) is 0 Å². The molecule has 0 aliphatic carbocycles. The van der Waals surface area contributed by atoms with Crippen LogP contribution in [0.15, 0.2) is 12.7 Å². The zero-order chi connectivity index (χ0) is 5.98. The lowest BCUT2D eigenvalue weighted by molar-refractivity contribution is -0.119. The molecule has 0 spiro atoms. The van der Waals surface area contributed by atoms with Crippen molar-refractivity contribution < 1.29 is 9.53 Å². The minimum atomic E-state index is -0.111. The molecule has 1 aliphatic rings. The number of carbonyl (C=O) groups excluding carboxylic acids is 1. The third-order valence-electron chi connectivity index (χ3n) is 0.807. The van der Waals surface area contributed by atoms with Gasteiger partial charge in [-0.1, -0.05) is 0 Å². The Bertz CT molecular complexity index is 122. The van der Waals surface area contributed by atoms with Crippen molar-refractivity contribution in [2.24, 2.45) is 0 Å². The van der Waals surface area contributed by atoms with E-state index >= 15 is 0 Å². The van der Waals surface area contributed by atoms with E-state index in [1.807, 2.05) is 0 Å². The highest BCUT2D eigenvalue weighted by Crippen LogP contribution is 2.03. The fourth-order valence-electron chi connectivity index (χ4n) is 0.463. The molecule has 0 aromatic carbocycles. The second-order valence-corrected chi connectivity index (χ2v) is 1.41. The molecule has 0 saturated carbocycles. The molecule has 1 fully saturated rings. The van der Waals surface area contributed by atoms with Gasteiger partial charge in [0.15, 0.2) is 0 Å². The fraction of sp³-hybridized carbons (Fsp3) is 0.200. The summed E-state index contributed by atoms with van der Waals surface area (Å²) in [6, 6.07) is 0. The molecule has 0 aromatic heterocycles. The Hall–Kier alpha value is -0.960. The van der Waals surface area contributed by atoms with Gasteiger partial charge in [0.05, 0.1) is 0 Å². The standard InChI is InChI=1S/C5H6NO2/c1-2-5-6-4(7)3-8-5/h2H,1,3H2,(H,6,7)/q-1. The predicted molar refractivity (Wildman–Crippen MR) is 27.5 cm³/mol. The number of nitrogens with one attached hydrogen (secondary N) is 1. The molecular formula is C5H6NO2-. The van der Waals surface area contributed by atoms with E-state index in [0.29, 0.717) is 6.23 Å². The number of carbonyl (C=O) groups is 1. The third kappa shape index (κ3) is 0.816. The van der Waals surface area contributed by atoms with Crippen molar-refractivity contribution in [2.75, 3.05) is 6.61 Å². The summed E-state index contributed by atoms with van der Waals surface area (Å²) in [7, 11) is 0. The molecule has 1 saturated heterocycles. The van der Waals surface area contributed by atoms with Crippen LogP contribution in [-0.2, 0) is 9.53 Å². The maximum atomic E-state index is 10.3. The van der Waals surface area contributed by atoms with Crippen LogP contribution in [0.25, 0.3) is 0 Å². The molecule has 1 amide bonds. The summed E-state index contributed by atoms with van der Waals surface area (Å²) in [5, 5.41) is 2.44. The third-order valence-corrected chi connectivity index (χ3v) is 0.807. The molecule has 0 aromatic rings.